The molecular formula is C16H17Cl2N3O. The quantitative estimate of drug-likeness (QED) is 0.860. The van der Waals surface area contributed by atoms with E-state index in [1.165, 1.54) is 0 Å². The summed E-state index contributed by atoms with van der Waals surface area (Å²) in [5.41, 5.74) is 2.11. The van der Waals surface area contributed by atoms with Crippen molar-refractivity contribution in [1.29, 1.82) is 0 Å². The Morgan fingerprint density at radius 3 is 2.41 bits per heavy atom. The Bertz CT molecular complexity index is 736. The van der Waals surface area contributed by atoms with Crippen LogP contribution in [-0.2, 0) is 4.79 Å². The van der Waals surface area contributed by atoms with Crippen molar-refractivity contribution >= 4 is 34.9 Å². The number of benzene rings is 1. The molecule has 6 heteroatoms. The first-order valence-corrected chi connectivity index (χ1v) is 7.81. The maximum atomic E-state index is 12.4. The van der Waals surface area contributed by atoms with Gasteiger partial charge in [-0.05, 0) is 39.3 Å². The van der Waals surface area contributed by atoms with Crippen LogP contribution in [0.3, 0.4) is 0 Å². The second-order valence-electron chi connectivity index (χ2n) is 6.09. The Labute approximate surface area is 139 Å². The van der Waals surface area contributed by atoms with Gasteiger partial charge in [0.2, 0.25) is 5.91 Å². The number of alkyl halides is 2. The minimum Gasteiger partial charge on any atom is -0.310 e. The van der Waals surface area contributed by atoms with E-state index in [4.69, 9.17) is 23.2 Å². The summed E-state index contributed by atoms with van der Waals surface area (Å²) < 4.78 is 0.726. The molecule has 1 aromatic carbocycles. The van der Waals surface area contributed by atoms with E-state index < -0.39 is 9.75 Å². The van der Waals surface area contributed by atoms with Crippen LogP contribution in [-0.4, -0.2) is 20.0 Å². The van der Waals surface area contributed by atoms with Gasteiger partial charge in [-0.15, -0.1) is 23.2 Å². The zero-order chi connectivity index (χ0) is 16.1. The van der Waals surface area contributed by atoms with Crippen LogP contribution in [0.2, 0.25) is 0 Å². The van der Waals surface area contributed by atoms with E-state index in [9.17, 15) is 4.79 Å². The second kappa shape index (κ2) is 5.00. The molecule has 0 spiro atoms. The van der Waals surface area contributed by atoms with Crippen molar-refractivity contribution in [3.8, 4) is 5.69 Å². The summed E-state index contributed by atoms with van der Waals surface area (Å²) in [6, 6.07) is 9.76. The number of hydrogen-bond donors (Lipinski definition) is 1. The molecule has 22 heavy (non-hydrogen) atoms. The molecule has 0 aliphatic heterocycles. The van der Waals surface area contributed by atoms with Crippen molar-refractivity contribution in [2.24, 2.45) is 5.41 Å². The molecule has 1 aromatic heterocycles. The van der Waals surface area contributed by atoms with Crippen molar-refractivity contribution < 1.29 is 4.79 Å². The summed E-state index contributed by atoms with van der Waals surface area (Å²) in [7, 11) is 0. The van der Waals surface area contributed by atoms with E-state index in [1.807, 2.05) is 44.2 Å². The topological polar surface area (TPSA) is 46.9 Å². The molecule has 0 radical (unpaired) electrons. The van der Waals surface area contributed by atoms with Crippen molar-refractivity contribution in [3.63, 3.8) is 0 Å². The first-order valence-electron chi connectivity index (χ1n) is 7.06. The van der Waals surface area contributed by atoms with Gasteiger partial charge >= 0.3 is 0 Å². The van der Waals surface area contributed by atoms with Gasteiger partial charge in [0, 0.05) is 6.07 Å². The minimum atomic E-state index is -0.985. The van der Waals surface area contributed by atoms with E-state index in [2.05, 4.69) is 10.4 Å². The number of rotatable bonds is 3. The third kappa shape index (κ3) is 2.50. The molecule has 1 N–H and O–H groups in total. The fourth-order valence-corrected chi connectivity index (χ4v) is 3.08. The number of nitrogens with one attached hydrogen (secondary N) is 1. The molecule has 3 rings (SSSR count). The first kappa shape index (κ1) is 15.4. The van der Waals surface area contributed by atoms with Gasteiger partial charge < -0.3 is 5.32 Å². The zero-order valence-corrected chi connectivity index (χ0v) is 14.2. The first-order chi connectivity index (χ1) is 10.2. The Balaban J connectivity index is 1.89. The van der Waals surface area contributed by atoms with Crippen LogP contribution >= 0.6 is 23.2 Å². The van der Waals surface area contributed by atoms with Crippen molar-refractivity contribution in [3.05, 3.63) is 41.6 Å². The van der Waals surface area contributed by atoms with E-state index in [0.29, 0.717) is 12.2 Å². The number of hydrogen-bond acceptors (Lipinski definition) is 2. The van der Waals surface area contributed by atoms with Crippen LogP contribution in [0.1, 0.15) is 24.6 Å². The molecular weight excluding hydrogens is 321 g/mol. The lowest BCUT2D eigenvalue weighted by Crippen LogP contribution is -2.27. The van der Waals surface area contributed by atoms with Gasteiger partial charge in [0.15, 0.2) is 0 Å². The third-order valence-corrected chi connectivity index (χ3v) is 5.21. The van der Waals surface area contributed by atoms with E-state index in [1.54, 1.807) is 11.6 Å². The molecule has 1 aliphatic carbocycles. The van der Waals surface area contributed by atoms with Crippen LogP contribution in [0.5, 0.6) is 0 Å². The highest BCUT2D eigenvalue weighted by molar-refractivity contribution is 6.53. The molecule has 1 atom stereocenters. The number of anilines is 1. The number of aryl methyl sites for hydroxylation is 2. The summed E-state index contributed by atoms with van der Waals surface area (Å²) in [6.07, 6.45) is 0.451. The van der Waals surface area contributed by atoms with E-state index in [0.717, 1.165) is 16.9 Å². The average molecular weight is 338 g/mol. The predicted octanol–water partition coefficient (Wildman–Crippen LogP) is 4.01. The van der Waals surface area contributed by atoms with Crippen molar-refractivity contribution in [2.45, 2.75) is 31.5 Å². The predicted molar refractivity (Wildman–Crippen MR) is 88.8 cm³/mol. The average Bonchev–Trinajstić information content (AvgIpc) is 2.77. The number of aromatic nitrogens is 2. The molecule has 2 aromatic rings. The third-order valence-electron chi connectivity index (χ3n) is 4.11. The van der Waals surface area contributed by atoms with Crippen LogP contribution in [0.25, 0.3) is 5.69 Å². The number of amides is 1. The number of halogens is 2. The van der Waals surface area contributed by atoms with Gasteiger partial charge in [-0.25, -0.2) is 4.68 Å². The minimum absolute atomic E-state index is 0.189. The fraction of sp³-hybridized carbons (Fsp3) is 0.375. The normalized spacial score (nSPS) is 22.4. The summed E-state index contributed by atoms with van der Waals surface area (Å²) in [6.45, 7) is 5.67. The molecule has 1 heterocycles. The number of carbonyl (C=O) groups excluding carboxylic acids is 1. The summed E-state index contributed by atoms with van der Waals surface area (Å²) >= 11 is 12.1. The molecule has 116 valence electrons. The Morgan fingerprint density at radius 1 is 1.27 bits per heavy atom. The molecule has 1 saturated carbocycles. The second-order valence-corrected chi connectivity index (χ2v) is 7.57. The largest absolute Gasteiger partial charge is 0.310 e. The van der Waals surface area contributed by atoms with Gasteiger partial charge in [0.1, 0.15) is 10.2 Å². The van der Waals surface area contributed by atoms with Gasteiger partial charge in [-0.3, -0.25) is 4.79 Å². The van der Waals surface area contributed by atoms with Crippen molar-refractivity contribution in [2.75, 3.05) is 5.32 Å². The van der Waals surface area contributed by atoms with Gasteiger partial charge in [-0.1, -0.05) is 17.7 Å². The lowest BCUT2D eigenvalue weighted by molar-refractivity contribution is -0.120. The van der Waals surface area contributed by atoms with E-state index >= 15 is 0 Å². The van der Waals surface area contributed by atoms with Crippen LogP contribution in [0.4, 0.5) is 5.82 Å². The fourth-order valence-electron chi connectivity index (χ4n) is 2.37. The Morgan fingerprint density at radius 2 is 1.86 bits per heavy atom. The maximum absolute atomic E-state index is 12.4. The van der Waals surface area contributed by atoms with Crippen LogP contribution in [0, 0.1) is 19.3 Å². The maximum Gasteiger partial charge on any atom is 0.234 e. The molecule has 1 aliphatic rings. The lowest BCUT2D eigenvalue weighted by Gasteiger charge is -2.14. The Hall–Kier alpha value is -1.52. The zero-order valence-electron chi connectivity index (χ0n) is 12.7. The van der Waals surface area contributed by atoms with E-state index in [-0.39, 0.29) is 5.91 Å². The molecule has 1 fully saturated rings. The lowest BCUT2D eigenvalue weighted by atomic mass is 10.1. The number of carbonyl (C=O) groups is 1. The molecule has 0 bridgehead atoms. The highest BCUT2D eigenvalue weighted by atomic mass is 35.5. The standard InChI is InChI=1S/C16H17Cl2N3O/c1-10-4-6-12(7-5-10)21-13(8-11(2)20-21)19-14(22)15(3)9-16(15,17)18/h4-8H,9H2,1-3H3,(H,19,22). The molecule has 0 saturated heterocycles. The SMILES string of the molecule is Cc1ccc(-n2nc(C)cc2NC(=O)C2(C)CC2(Cl)Cl)cc1. The van der Waals surface area contributed by atoms with Gasteiger partial charge in [0.05, 0.1) is 16.8 Å². The highest BCUT2D eigenvalue weighted by Gasteiger charge is 2.68. The smallest absolute Gasteiger partial charge is 0.234 e. The van der Waals surface area contributed by atoms with Crippen LogP contribution in [0.15, 0.2) is 30.3 Å². The van der Waals surface area contributed by atoms with Crippen LogP contribution < -0.4 is 5.32 Å². The molecule has 1 amide bonds. The Kier molecular flexibility index (Phi) is 3.49. The van der Waals surface area contributed by atoms with Crippen molar-refractivity contribution in [1.82, 2.24) is 9.78 Å². The molecule has 1 unspecified atom stereocenters. The summed E-state index contributed by atoms with van der Waals surface area (Å²) in [5.74, 6) is 0.425. The summed E-state index contributed by atoms with van der Waals surface area (Å²) in [5, 5.41) is 7.33. The highest BCUT2D eigenvalue weighted by Crippen LogP contribution is 2.64. The monoisotopic (exact) mass is 337 g/mol. The number of nitrogens with zero attached hydrogens (tertiary/aromatic N) is 2. The van der Waals surface area contributed by atoms with Gasteiger partial charge in [-0.2, -0.15) is 5.10 Å². The molecule has 4 nitrogen and oxygen atoms in total. The summed E-state index contributed by atoms with van der Waals surface area (Å²) in [4.78, 5) is 12.4. The van der Waals surface area contributed by atoms with Gasteiger partial charge in [0.25, 0.3) is 0 Å².